The summed E-state index contributed by atoms with van der Waals surface area (Å²) in [4.78, 5) is 12.0. The van der Waals surface area contributed by atoms with Crippen molar-refractivity contribution >= 4 is 45.5 Å². The molecule has 3 aromatic rings. The largest absolute Gasteiger partial charge is 0.378 e. The second-order valence-electron chi connectivity index (χ2n) is 6.31. The van der Waals surface area contributed by atoms with Gasteiger partial charge in [-0.2, -0.15) is 5.10 Å². The minimum Gasteiger partial charge on any atom is -0.378 e. The average molecular weight is 473 g/mol. The normalized spacial score (nSPS) is 11.0. The van der Waals surface area contributed by atoms with Gasteiger partial charge in [-0.1, -0.05) is 57.5 Å². The predicted octanol–water partition coefficient (Wildman–Crippen LogP) is 3.74. The summed E-state index contributed by atoms with van der Waals surface area (Å²) in [5, 5.41) is 16.3. The second kappa shape index (κ2) is 10.2. The summed E-state index contributed by atoms with van der Waals surface area (Å²) >= 11 is 4.73. The van der Waals surface area contributed by atoms with Crippen LogP contribution >= 0.6 is 27.7 Å². The summed E-state index contributed by atoms with van der Waals surface area (Å²) in [6, 6.07) is 15.8. The molecule has 1 heterocycles. The number of hydrogen-bond donors (Lipinski definition) is 2. The quantitative estimate of drug-likeness (QED) is 0.296. The first kappa shape index (κ1) is 21.1. The zero-order chi connectivity index (χ0) is 20.6. The van der Waals surface area contributed by atoms with Crippen molar-refractivity contribution in [3.05, 3.63) is 70.0 Å². The highest BCUT2D eigenvalue weighted by Gasteiger charge is 2.11. The number of hydrazone groups is 1. The van der Waals surface area contributed by atoms with Crippen molar-refractivity contribution in [3.63, 3.8) is 0 Å². The Bertz CT molecular complexity index is 985. The Balaban J connectivity index is 1.46. The molecule has 0 fully saturated rings. The molecule has 2 aromatic carbocycles. The number of nitrogens with zero attached hydrogens (tertiary/aromatic N) is 4. The number of aryl methyl sites for hydroxylation is 1. The Hall–Kier alpha value is -2.65. The summed E-state index contributed by atoms with van der Waals surface area (Å²) in [5.41, 5.74) is 5.63. The van der Waals surface area contributed by atoms with Gasteiger partial charge in [0.2, 0.25) is 0 Å². The van der Waals surface area contributed by atoms with Crippen LogP contribution in [0, 0.1) is 6.92 Å². The van der Waals surface area contributed by atoms with Gasteiger partial charge < -0.3 is 9.88 Å². The van der Waals surface area contributed by atoms with Crippen LogP contribution in [0.2, 0.25) is 0 Å². The van der Waals surface area contributed by atoms with Gasteiger partial charge in [0, 0.05) is 17.2 Å². The molecule has 0 bridgehead atoms. The monoisotopic (exact) mass is 472 g/mol. The molecule has 0 aliphatic heterocycles. The van der Waals surface area contributed by atoms with E-state index in [4.69, 9.17) is 0 Å². The maximum Gasteiger partial charge on any atom is 0.250 e. The van der Waals surface area contributed by atoms with Gasteiger partial charge in [0.05, 0.1) is 18.5 Å². The number of rotatable bonds is 8. The van der Waals surface area contributed by atoms with E-state index in [0.717, 1.165) is 21.5 Å². The summed E-state index contributed by atoms with van der Waals surface area (Å²) < 4.78 is 2.90. The lowest BCUT2D eigenvalue weighted by Gasteiger charge is -2.07. The van der Waals surface area contributed by atoms with Gasteiger partial charge in [-0.05, 0) is 36.8 Å². The summed E-state index contributed by atoms with van der Waals surface area (Å²) in [5.74, 6) is 0.793. The number of carbonyl (C=O) groups is 1. The van der Waals surface area contributed by atoms with E-state index >= 15 is 0 Å². The number of aromatic nitrogens is 3. The van der Waals surface area contributed by atoms with Crippen molar-refractivity contribution in [1.29, 1.82) is 0 Å². The van der Waals surface area contributed by atoms with Crippen LogP contribution in [-0.4, -0.2) is 32.6 Å². The van der Waals surface area contributed by atoms with Crippen LogP contribution in [0.1, 0.15) is 17.0 Å². The number of anilines is 1. The molecule has 9 heteroatoms. The number of carbonyl (C=O) groups excluding carboxylic acids is 1. The molecule has 29 heavy (non-hydrogen) atoms. The Labute approximate surface area is 182 Å². The van der Waals surface area contributed by atoms with Gasteiger partial charge in [-0.25, -0.2) is 5.43 Å². The molecule has 7 nitrogen and oxygen atoms in total. The Morgan fingerprint density at radius 2 is 1.90 bits per heavy atom. The maximum absolute atomic E-state index is 12.0. The van der Waals surface area contributed by atoms with E-state index in [1.807, 2.05) is 67.1 Å². The minimum atomic E-state index is -0.198. The highest BCUT2D eigenvalue weighted by Crippen LogP contribution is 2.17. The average Bonchev–Trinajstić information content (AvgIpc) is 3.07. The van der Waals surface area contributed by atoms with Gasteiger partial charge >= 0.3 is 0 Å². The number of nitrogens with one attached hydrogen (secondary N) is 2. The van der Waals surface area contributed by atoms with Gasteiger partial charge in [0.15, 0.2) is 11.0 Å². The topological polar surface area (TPSA) is 84.2 Å². The molecule has 0 saturated carbocycles. The molecule has 1 amide bonds. The van der Waals surface area contributed by atoms with Crippen LogP contribution in [0.5, 0.6) is 0 Å². The summed E-state index contributed by atoms with van der Waals surface area (Å²) in [6.45, 7) is 2.56. The standard InChI is InChI=1S/C20H21BrN6OS/c1-14-3-5-15(6-4-14)11-23-25-19(28)13-29-20-26-24-18(27(20)2)12-22-17-9-7-16(21)8-10-17/h3-11,22H,12-13H2,1-2H3,(H,25,28). The van der Waals surface area contributed by atoms with E-state index in [-0.39, 0.29) is 11.7 Å². The molecule has 0 aliphatic rings. The van der Waals surface area contributed by atoms with Crippen LogP contribution in [0.25, 0.3) is 0 Å². The Kier molecular flexibility index (Phi) is 7.42. The van der Waals surface area contributed by atoms with E-state index in [2.05, 4.69) is 42.0 Å². The lowest BCUT2D eigenvalue weighted by Crippen LogP contribution is -2.20. The zero-order valence-electron chi connectivity index (χ0n) is 16.1. The molecule has 3 rings (SSSR count). The molecule has 0 aliphatic carbocycles. The highest BCUT2D eigenvalue weighted by molar-refractivity contribution is 9.10. The number of benzene rings is 2. The Morgan fingerprint density at radius 3 is 2.62 bits per heavy atom. The van der Waals surface area contributed by atoms with Gasteiger partial charge in [0.1, 0.15) is 0 Å². The van der Waals surface area contributed by atoms with Crippen LogP contribution in [-0.2, 0) is 18.4 Å². The molecule has 0 radical (unpaired) electrons. The van der Waals surface area contributed by atoms with Gasteiger partial charge in [-0.15, -0.1) is 10.2 Å². The van der Waals surface area contributed by atoms with Crippen molar-refractivity contribution in [3.8, 4) is 0 Å². The van der Waals surface area contributed by atoms with Crippen LogP contribution in [0.4, 0.5) is 5.69 Å². The van der Waals surface area contributed by atoms with Crippen molar-refractivity contribution in [2.75, 3.05) is 11.1 Å². The number of halogens is 1. The molecule has 0 spiro atoms. The van der Waals surface area contributed by atoms with E-state index in [1.54, 1.807) is 6.21 Å². The molecular weight excluding hydrogens is 452 g/mol. The smallest absolute Gasteiger partial charge is 0.250 e. The van der Waals surface area contributed by atoms with E-state index < -0.39 is 0 Å². The zero-order valence-corrected chi connectivity index (χ0v) is 18.5. The third-order valence-corrected chi connectivity index (χ3v) is 5.58. The fraction of sp³-hybridized carbons (Fsp3) is 0.200. The van der Waals surface area contributed by atoms with Crippen molar-refractivity contribution in [1.82, 2.24) is 20.2 Å². The van der Waals surface area contributed by atoms with E-state index in [1.165, 1.54) is 17.3 Å². The van der Waals surface area contributed by atoms with E-state index in [0.29, 0.717) is 11.7 Å². The molecule has 0 saturated heterocycles. The van der Waals surface area contributed by atoms with Crippen molar-refractivity contribution in [2.45, 2.75) is 18.6 Å². The predicted molar refractivity (Wildman–Crippen MR) is 120 cm³/mol. The third kappa shape index (κ3) is 6.43. The molecule has 0 atom stereocenters. The first-order valence-corrected chi connectivity index (χ1v) is 10.7. The lowest BCUT2D eigenvalue weighted by atomic mass is 10.2. The van der Waals surface area contributed by atoms with E-state index in [9.17, 15) is 4.79 Å². The molecule has 2 N–H and O–H groups in total. The van der Waals surface area contributed by atoms with Crippen molar-refractivity contribution < 1.29 is 4.79 Å². The fourth-order valence-corrected chi connectivity index (χ4v) is 3.35. The van der Waals surface area contributed by atoms with Crippen LogP contribution in [0.15, 0.2) is 63.3 Å². The minimum absolute atomic E-state index is 0.198. The SMILES string of the molecule is Cc1ccc(C=NNC(=O)CSc2nnc(CNc3ccc(Br)cc3)n2C)cc1. The van der Waals surface area contributed by atoms with Gasteiger partial charge in [0.25, 0.3) is 5.91 Å². The molecule has 0 unspecified atom stereocenters. The molecule has 150 valence electrons. The number of hydrogen-bond acceptors (Lipinski definition) is 6. The number of amides is 1. The lowest BCUT2D eigenvalue weighted by molar-refractivity contribution is -0.118. The van der Waals surface area contributed by atoms with Crippen molar-refractivity contribution in [2.24, 2.45) is 12.1 Å². The van der Waals surface area contributed by atoms with Gasteiger partial charge in [-0.3, -0.25) is 4.79 Å². The van der Waals surface area contributed by atoms with Crippen LogP contribution < -0.4 is 10.7 Å². The fourth-order valence-electron chi connectivity index (χ4n) is 2.37. The number of thioether (sulfide) groups is 1. The summed E-state index contributed by atoms with van der Waals surface area (Å²) in [6.07, 6.45) is 1.62. The van der Waals surface area contributed by atoms with Crippen LogP contribution in [0.3, 0.4) is 0 Å². The molecule has 1 aromatic heterocycles. The highest BCUT2D eigenvalue weighted by atomic mass is 79.9. The third-order valence-electron chi connectivity index (χ3n) is 4.03. The second-order valence-corrected chi connectivity index (χ2v) is 8.17. The first-order chi connectivity index (χ1) is 14.0. The first-order valence-electron chi connectivity index (χ1n) is 8.90. The summed E-state index contributed by atoms with van der Waals surface area (Å²) in [7, 11) is 1.88. The molecular formula is C20H21BrN6OS. The maximum atomic E-state index is 12.0. The Morgan fingerprint density at radius 1 is 1.17 bits per heavy atom.